The summed E-state index contributed by atoms with van der Waals surface area (Å²) >= 11 is 0. The molecule has 154 valence electrons. The molecule has 0 aliphatic carbocycles. The van der Waals surface area contributed by atoms with Crippen LogP contribution in [0.5, 0.6) is 0 Å². The van der Waals surface area contributed by atoms with Crippen molar-refractivity contribution in [2.75, 3.05) is 36.2 Å². The fourth-order valence-electron chi connectivity index (χ4n) is 3.20. The minimum absolute atomic E-state index is 0.160. The number of benzene rings is 2. The van der Waals surface area contributed by atoms with E-state index in [1.54, 1.807) is 10.9 Å². The minimum Gasteiger partial charge on any atom is -0.378 e. The van der Waals surface area contributed by atoms with Crippen molar-refractivity contribution in [1.29, 1.82) is 0 Å². The van der Waals surface area contributed by atoms with Gasteiger partial charge < -0.3 is 21.3 Å². The average molecular weight is 403 g/mol. The van der Waals surface area contributed by atoms with Gasteiger partial charge in [-0.3, -0.25) is 4.68 Å². The molecule has 0 amide bonds. The zero-order valence-electron chi connectivity index (χ0n) is 17.4. The summed E-state index contributed by atoms with van der Waals surface area (Å²) in [6.45, 7) is 0.518. The van der Waals surface area contributed by atoms with Gasteiger partial charge in [0.2, 0.25) is 5.95 Å². The Hall–Kier alpha value is -3.65. The van der Waals surface area contributed by atoms with Gasteiger partial charge in [-0.1, -0.05) is 30.3 Å². The largest absolute Gasteiger partial charge is 0.378 e. The van der Waals surface area contributed by atoms with Crippen molar-refractivity contribution in [3.63, 3.8) is 0 Å². The molecule has 0 unspecified atom stereocenters. The van der Waals surface area contributed by atoms with E-state index in [-0.39, 0.29) is 6.04 Å². The third-order valence-corrected chi connectivity index (χ3v) is 4.95. The fraction of sp³-hybridized carbons (Fsp3) is 0.227. The van der Waals surface area contributed by atoms with Crippen LogP contribution in [0.1, 0.15) is 11.6 Å². The SMILES string of the molecule is CN(C)c1ccc(Nc2nc(NC[C@H](N)c3ccccc3)nc3c2cnn3C)cc1. The van der Waals surface area contributed by atoms with Gasteiger partial charge in [-0.05, 0) is 29.8 Å². The number of anilines is 4. The summed E-state index contributed by atoms with van der Waals surface area (Å²) in [7, 11) is 5.90. The molecule has 0 saturated heterocycles. The highest BCUT2D eigenvalue weighted by Gasteiger charge is 2.13. The Morgan fingerprint density at radius 1 is 1.03 bits per heavy atom. The summed E-state index contributed by atoms with van der Waals surface area (Å²) in [4.78, 5) is 11.4. The maximum Gasteiger partial charge on any atom is 0.226 e. The van der Waals surface area contributed by atoms with Crippen molar-refractivity contribution in [2.24, 2.45) is 12.8 Å². The third-order valence-electron chi connectivity index (χ3n) is 4.95. The predicted octanol–water partition coefficient (Wildman–Crippen LogP) is 3.28. The molecule has 0 fully saturated rings. The Labute approximate surface area is 175 Å². The molecule has 30 heavy (non-hydrogen) atoms. The predicted molar refractivity (Wildman–Crippen MR) is 122 cm³/mol. The molecule has 2 aromatic heterocycles. The van der Waals surface area contributed by atoms with Crippen molar-refractivity contribution in [3.8, 4) is 0 Å². The van der Waals surface area contributed by atoms with E-state index < -0.39 is 0 Å². The third kappa shape index (κ3) is 4.18. The number of hydrogen-bond donors (Lipinski definition) is 3. The quantitative estimate of drug-likeness (QED) is 0.436. The summed E-state index contributed by atoms with van der Waals surface area (Å²) in [5, 5.41) is 11.8. The van der Waals surface area contributed by atoms with Crippen LogP contribution in [0.4, 0.5) is 23.1 Å². The lowest BCUT2D eigenvalue weighted by atomic mass is 10.1. The summed E-state index contributed by atoms with van der Waals surface area (Å²) in [5.74, 6) is 1.20. The monoisotopic (exact) mass is 402 g/mol. The van der Waals surface area contributed by atoms with Crippen LogP contribution in [0.15, 0.2) is 60.8 Å². The van der Waals surface area contributed by atoms with E-state index in [0.717, 1.165) is 28.0 Å². The number of aromatic nitrogens is 4. The number of aryl methyl sites for hydroxylation is 1. The molecule has 4 N–H and O–H groups in total. The van der Waals surface area contributed by atoms with Crippen LogP contribution in [0, 0.1) is 0 Å². The van der Waals surface area contributed by atoms with Gasteiger partial charge in [0, 0.05) is 45.1 Å². The molecular formula is C22H26N8. The van der Waals surface area contributed by atoms with Crippen LogP contribution in [0.25, 0.3) is 11.0 Å². The van der Waals surface area contributed by atoms with Crippen LogP contribution >= 0.6 is 0 Å². The van der Waals surface area contributed by atoms with E-state index in [0.29, 0.717) is 18.3 Å². The first-order valence-electron chi connectivity index (χ1n) is 9.80. The van der Waals surface area contributed by atoms with Gasteiger partial charge in [-0.15, -0.1) is 0 Å². The lowest BCUT2D eigenvalue weighted by molar-refractivity contribution is 0.756. The van der Waals surface area contributed by atoms with Crippen molar-refractivity contribution < 1.29 is 0 Å². The molecule has 0 spiro atoms. The van der Waals surface area contributed by atoms with E-state index in [9.17, 15) is 0 Å². The second-order valence-corrected chi connectivity index (χ2v) is 7.37. The Kier molecular flexibility index (Phi) is 5.49. The number of nitrogens with two attached hydrogens (primary N) is 1. The Morgan fingerprint density at radius 3 is 2.47 bits per heavy atom. The van der Waals surface area contributed by atoms with Gasteiger partial charge in [0.15, 0.2) is 5.65 Å². The van der Waals surface area contributed by atoms with Crippen molar-refractivity contribution >= 4 is 34.2 Å². The maximum absolute atomic E-state index is 6.31. The first-order valence-corrected chi connectivity index (χ1v) is 9.80. The standard InChI is InChI=1S/C22H26N8/c1-29(2)17-11-9-16(10-12-17)26-20-18-13-25-30(3)21(18)28-22(27-20)24-14-19(23)15-7-5-4-6-8-15/h4-13,19H,14,23H2,1-3H3,(H2,24,26,27,28)/t19-/m0/s1. The molecule has 0 radical (unpaired) electrons. The smallest absolute Gasteiger partial charge is 0.226 e. The van der Waals surface area contributed by atoms with Gasteiger partial charge in [0.05, 0.1) is 11.6 Å². The Morgan fingerprint density at radius 2 is 1.77 bits per heavy atom. The van der Waals surface area contributed by atoms with E-state index >= 15 is 0 Å². The van der Waals surface area contributed by atoms with Crippen molar-refractivity contribution in [1.82, 2.24) is 19.7 Å². The van der Waals surface area contributed by atoms with E-state index in [1.165, 1.54) is 0 Å². The molecule has 0 aliphatic rings. The Balaban J connectivity index is 1.58. The molecule has 0 aliphatic heterocycles. The number of rotatable bonds is 7. The van der Waals surface area contributed by atoms with Crippen molar-refractivity contribution in [3.05, 3.63) is 66.4 Å². The van der Waals surface area contributed by atoms with Crippen LogP contribution in [-0.2, 0) is 7.05 Å². The van der Waals surface area contributed by atoms with Crippen LogP contribution in [0.3, 0.4) is 0 Å². The fourth-order valence-corrected chi connectivity index (χ4v) is 3.20. The second-order valence-electron chi connectivity index (χ2n) is 7.37. The highest BCUT2D eigenvalue weighted by Crippen LogP contribution is 2.26. The van der Waals surface area contributed by atoms with E-state index in [1.807, 2.05) is 63.6 Å². The van der Waals surface area contributed by atoms with Gasteiger partial charge in [-0.2, -0.15) is 15.1 Å². The molecular weight excluding hydrogens is 376 g/mol. The van der Waals surface area contributed by atoms with E-state index in [2.05, 4.69) is 42.7 Å². The number of hydrogen-bond acceptors (Lipinski definition) is 7. The summed E-state index contributed by atoms with van der Waals surface area (Å²) in [5.41, 5.74) is 10.2. The van der Waals surface area contributed by atoms with Crippen LogP contribution in [0.2, 0.25) is 0 Å². The van der Waals surface area contributed by atoms with Gasteiger partial charge >= 0.3 is 0 Å². The van der Waals surface area contributed by atoms with Gasteiger partial charge in [-0.25, -0.2) is 0 Å². The maximum atomic E-state index is 6.31. The first kappa shape index (κ1) is 19.7. The molecule has 2 heterocycles. The second kappa shape index (κ2) is 8.38. The lowest BCUT2D eigenvalue weighted by Gasteiger charge is -2.15. The number of fused-ring (bicyclic) bond motifs is 1. The molecule has 4 rings (SSSR count). The zero-order chi connectivity index (χ0) is 21.1. The molecule has 0 bridgehead atoms. The van der Waals surface area contributed by atoms with Crippen LogP contribution < -0.4 is 21.3 Å². The Bertz CT molecular complexity index is 1120. The van der Waals surface area contributed by atoms with Crippen molar-refractivity contribution in [2.45, 2.75) is 6.04 Å². The number of nitrogens with zero attached hydrogens (tertiary/aromatic N) is 5. The van der Waals surface area contributed by atoms with Gasteiger partial charge in [0.1, 0.15) is 5.82 Å². The van der Waals surface area contributed by atoms with E-state index in [4.69, 9.17) is 5.73 Å². The molecule has 0 saturated carbocycles. The molecule has 1 atom stereocenters. The lowest BCUT2D eigenvalue weighted by Crippen LogP contribution is -2.21. The van der Waals surface area contributed by atoms with Crippen LogP contribution in [-0.4, -0.2) is 40.4 Å². The highest BCUT2D eigenvalue weighted by molar-refractivity contribution is 5.89. The summed E-state index contributed by atoms with van der Waals surface area (Å²) < 4.78 is 1.74. The molecule has 8 nitrogen and oxygen atoms in total. The average Bonchev–Trinajstić information content (AvgIpc) is 3.14. The van der Waals surface area contributed by atoms with Gasteiger partial charge in [0.25, 0.3) is 0 Å². The summed E-state index contributed by atoms with van der Waals surface area (Å²) in [6, 6.07) is 18.0. The molecule has 2 aromatic carbocycles. The number of nitrogens with one attached hydrogen (secondary N) is 2. The summed E-state index contributed by atoms with van der Waals surface area (Å²) in [6.07, 6.45) is 1.77. The normalized spacial score (nSPS) is 12.0. The topological polar surface area (TPSA) is 96.9 Å². The molecule has 8 heteroatoms. The molecule has 4 aromatic rings. The first-order chi connectivity index (χ1) is 14.5. The zero-order valence-corrected chi connectivity index (χ0v) is 17.4. The highest BCUT2D eigenvalue weighted by atomic mass is 15.3. The minimum atomic E-state index is -0.160.